The van der Waals surface area contributed by atoms with Gasteiger partial charge in [-0.2, -0.15) is 22.0 Å². The van der Waals surface area contributed by atoms with Gasteiger partial charge in [0.1, 0.15) is 0 Å². The first-order valence-electron chi connectivity index (χ1n) is 6.71. The van der Waals surface area contributed by atoms with Gasteiger partial charge in [0.25, 0.3) is 0 Å². The molecular formula is C12H17F5N2O. The van der Waals surface area contributed by atoms with E-state index in [1.807, 2.05) is 0 Å². The second kappa shape index (κ2) is 5.46. The van der Waals surface area contributed by atoms with Gasteiger partial charge in [-0.25, -0.2) is 0 Å². The zero-order valence-corrected chi connectivity index (χ0v) is 10.9. The monoisotopic (exact) mass is 300 g/mol. The molecule has 0 aromatic carbocycles. The highest BCUT2D eigenvalue weighted by atomic mass is 19.4. The van der Waals surface area contributed by atoms with Gasteiger partial charge in [-0.15, -0.1) is 0 Å². The van der Waals surface area contributed by atoms with Crippen molar-refractivity contribution in [3.05, 3.63) is 0 Å². The zero-order valence-electron chi connectivity index (χ0n) is 10.9. The van der Waals surface area contributed by atoms with Crippen LogP contribution < -0.4 is 0 Å². The van der Waals surface area contributed by atoms with Gasteiger partial charge in [0.05, 0.1) is 0 Å². The smallest absolute Gasteiger partial charge is 0.335 e. The summed E-state index contributed by atoms with van der Waals surface area (Å²) in [5, 5.41) is 0. The standard InChI is InChI=1S/C12H17F5N2O/c13-11(14,12(15,16)17)10(20)19-7-5-18(6-8-19)9-3-1-2-4-9/h9H,1-8H2. The van der Waals surface area contributed by atoms with E-state index in [9.17, 15) is 26.7 Å². The summed E-state index contributed by atoms with van der Waals surface area (Å²) in [5.74, 6) is -7.42. The van der Waals surface area contributed by atoms with Crippen molar-refractivity contribution < 1.29 is 26.7 Å². The van der Waals surface area contributed by atoms with Crippen LogP contribution in [0.25, 0.3) is 0 Å². The molecule has 2 rings (SSSR count). The molecule has 1 amide bonds. The van der Waals surface area contributed by atoms with Crippen LogP contribution >= 0.6 is 0 Å². The van der Waals surface area contributed by atoms with Gasteiger partial charge in [0.15, 0.2) is 0 Å². The summed E-state index contributed by atoms with van der Waals surface area (Å²) >= 11 is 0. The molecule has 0 spiro atoms. The van der Waals surface area contributed by atoms with E-state index in [-0.39, 0.29) is 13.1 Å². The van der Waals surface area contributed by atoms with Crippen molar-refractivity contribution in [1.29, 1.82) is 0 Å². The number of amides is 1. The minimum absolute atomic E-state index is 0.0684. The van der Waals surface area contributed by atoms with E-state index in [1.54, 1.807) is 0 Å². The predicted octanol–water partition coefficient (Wildman–Crippen LogP) is 2.27. The Bertz CT molecular complexity index is 357. The van der Waals surface area contributed by atoms with Crippen LogP contribution in [-0.2, 0) is 4.79 Å². The molecule has 0 aromatic heterocycles. The molecule has 20 heavy (non-hydrogen) atoms. The summed E-state index contributed by atoms with van der Waals surface area (Å²) in [5.41, 5.74) is 0. The van der Waals surface area contributed by atoms with Crippen molar-refractivity contribution in [3.63, 3.8) is 0 Å². The highest BCUT2D eigenvalue weighted by Gasteiger charge is 2.64. The maximum atomic E-state index is 13.0. The summed E-state index contributed by atoms with van der Waals surface area (Å²) in [6.45, 7) is 0.594. The Balaban J connectivity index is 1.91. The first-order valence-corrected chi connectivity index (χ1v) is 6.71. The molecule has 0 aromatic rings. The summed E-state index contributed by atoms with van der Waals surface area (Å²) in [4.78, 5) is 14.0. The minimum Gasteiger partial charge on any atom is -0.335 e. The number of piperazine rings is 1. The van der Waals surface area contributed by atoms with Crippen LogP contribution in [0, 0.1) is 0 Å². The predicted molar refractivity (Wildman–Crippen MR) is 61.4 cm³/mol. The van der Waals surface area contributed by atoms with Gasteiger partial charge in [0.2, 0.25) is 0 Å². The fourth-order valence-electron chi connectivity index (χ4n) is 2.88. The van der Waals surface area contributed by atoms with E-state index in [4.69, 9.17) is 0 Å². The van der Waals surface area contributed by atoms with Gasteiger partial charge in [0, 0.05) is 32.2 Å². The number of alkyl halides is 5. The first kappa shape index (κ1) is 15.5. The van der Waals surface area contributed by atoms with Crippen LogP contribution in [0.15, 0.2) is 0 Å². The highest BCUT2D eigenvalue weighted by molar-refractivity contribution is 5.84. The van der Waals surface area contributed by atoms with Crippen molar-refractivity contribution >= 4 is 5.91 Å². The topological polar surface area (TPSA) is 23.6 Å². The van der Waals surface area contributed by atoms with Crippen molar-refractivity contribution in [1.82, 2.24) is 9.80 Å². The number of rotatable bonds is 2. The lowest BCUT2D eigenvalue weighted by molar-refractivity contribution is -0.274. The fraction of sp³-hybridized carbons (Fsp3) is 0.917. The summed E-state index contributed by atoms with van der Waals surface area (Å²) < 4.78 is 62.4. The van der Waals surface area contributed by atoms with E-state index < -0.39 is 18.0 Å². The molecule has 1 saturated heterocycles. The SMILES string of the molecule is O=C(N1CCN(C2CCCC2)CC1)C(F)(F)C(F)(F)F. The molecule has 116 valence electrons. The van der Waals surface area contributed by atoms with E-state index in [2.05, 4.69) is 4.90 Å². The molecular weight excluding hydrogens is 283 g/mol. The molecule has 2 fully saturated rings. The Kier molecular flexibility index (Phi) is 4.22. The number of nitrogens with zero attached hydrogens (tertiary/aromatic N) is 2. The van der Waals surface area contributed by atoms with Crippen molar-refractivity contribution in [3.8, 4) is 0 Å². The van der Waals surface area contributed by atoms with Gasteiger partial charge in [-0.1, -0.05) is 12.8 Å². The van der Waals surface area contributed by atoms with Crippen LogP contribution in [0.3, 0.4) is 0 Å². The summed E-state index contributed by atoms with van der Waals surface area (Å²) in [7, 11) is 0. The number of halogens is 5. The summed E-state index contributed by atoms with van der Waals surface area (Å²) in [6.07, 6.45) is -1.52. The molecule has 0 unspecified atom stereocenters. The van der Waals surface area contributed by atoms with Crippen molar-refractivity contribution in [2.45, 2.75) is 43.8 Å². The Morgan fingerprint density at radius 3 is 1.85 bits per heavy atom. The molecule has 1 saturated carbocycles. The minimum atomic E-state index is -5.83. The van der Waals surface area contributed by atoms with Crippen LogP contribution in [0.5, 0.6) is 0 Å². The first-order chi connectivity index (χ1) is 9.23. The summed E-state index contributed by atoms with van der Waals surface area (Å²) in [6, 6.07) is 0.385. The van der Waals surface area contributed by atoms with Gasteiger partial charge in [-0.05, 0) is 12.8 Å². The van der Waals surface area contributed by atoms with Crippen LogP contribution in [0.4, 0.5) is 22.0 Å². The third-order valence-corrected chi connectivity index (χ3v) is 4.07. The average molecular weight is 300 g/mol. The highest BCUT2D eigenvalue weighted by Crippen LogP contribution is 2.37. The van der Waals surface area contributed by atoms with Crippen LogP contribution in [0.2, 0.25) is 0 Å². The lowest BCUT2D eigenvalue weighted by Gasteiger charge is -2.39. The lowest BCUT2D eigenvalue weighted by Crippen LogP contribution is -2.58. The molecule has 2 aliphatic rings. The van der Waals surface area contributed by atoms with E-state index >= 15 is 0 Å². The van der Waals surface area contributed by atoms with E-state index in [0.717, 1.165) is 25.7 Å². The van der Waals surface area contributed by atoms with E-state index in [0.29, 0.717) is 24.0 Å². The van der Waals surface area contributed by atoms with Crippen molar-refractivity contribution in [2.75, 3.05) is 26.2 Å². The zero-order chi connectivity index (χ0) is 15.0. The Morgan fingerprint density at radius 1 is 0.900 bits per heavy atom. The number of hydrogen-bond donors (Lipinski definition) is 0. The van der Waals surface area contributed by atoms with Gasteiger partial charge < -0.3 is 4.90 Å². The molecule has 1 heterocycles. The molecule has 8 heteroatoms. The normalized spacial score (nSPS) is 23.4. The maximum absolute atomic E-state index is 13.0. The number of hydrogen-bond acceptors (Lipinski definition) is 2. The molecule has 3 nitrogen and oxygen atoms in total. The molecule has 0 bridgehead atoms. The molecule has 1 aliphatic carbocycles. The van der Waals surface area contributed by atoms with Crippen LogP contribution in [-0.4, -0.2) is 60.0 Å². The molecule has 0 N–H and O–H groups in total. The second-order valence-corrected chi connectivity index (χ2v) is 5.34. The Hall–Kier alpha value is -0.920. The van der Waals surface area contributed by atoms with Crippen molar-refractivity contribution in [2.24, 2.45) is 0 Å². The third-order valence-electron chi connectivity index (χ3n) is 4.07. The van der Waals surface area contributed by atoms with Gasteiger partial charge >= 0.3 is 18.0 Å². The molecule has 0 atom stereocenters. The number of carbonyl (C=O) groups excluding carboxylic acids is 1. The molecule has 1 aliphatic heterocycles. The number of carbonyl (C=O) groups is 1. The quantitative estimate of drug-likeness (QED) is 0.730. The lowest BCUT2D eigenvalue weighted by atomic mass is 10.1. The maximum Gasteiger partial charge on any atom is 0.463 e. The average Bonchev–Trinajstić information content (AvgIpc) is 2.90. The molecule has 0 radical (unpaired) electrons. The van der Waals surface area contributed by atoms with Crippen LogP contribution in [0.1, 0.15) is 25.7 Å². The Morgan fingerprint density at radius 2 is 1.40 bits per heavy atom. The largest absolute Gasteiger partial charge is 0.463 e. The third kappa shape index (κ3) is 2.89. The van der Waals surface area contributed by atoms with E-state index in [1.165, 1.54) is 0 Å². The second-order valence-electron chi connectivity index (χ2n) is 5.34. The fourth-order valence-corrected chi connectivity index (χ4v) is 2.88. The van der Waals surface area contributed by atoms with Gasteiger partial charge in [-0.3, -0.25) is 9.69 Å². The Labute approximate surface area is 113 Å².